The predicted molar refractivity (Wildman–Crippen MR) is 114 cm³/mol. The highest BCUT2D eigenvalue weighted by molar-refractivity contribution is 6.11. The van der Waals surface area contributed by atoms with Crippen LogP contribution in [0.2, 0.25) is 0 Å². The standard InChI is InChI=1S/C25H21NO4/c1-30-24(29)25(16-22(27)18-10-4-2-5-11-18)17-26(21-15-9-8-14-20(21)25)23(28)19-12-6-3-7-13-19/h2-15H,16-17H2,1H3. The van der Waals surface area contributed by atoms with Crippen LogP contribution in [0, 0.1) is 0 Å². The molecule has 4 rings (SSSR count). The van der Waals surface area contributed by atoms with E-state index in [1.807, 2.05) is 18.2 Å². The lowest BCUT2D eigenvalue weighted by molar-refractivity contribution is -0.146. The molecule has 150 valence electrons. The van der Waals surface area contributed by atoms with Crippen LogP contribution in [-0.2, 0) is 14.9 Å². The molecule has 1 unspecified atom stereocenters. The third kappa shape index (κ3) is 3.28. The van der Waals surface area contributed by atoms with Crippen molar-refractivity contribution in [2.75, 3.05) is 18.6 Å². The van der Waals surface area contributed by atoms with Gasteiger partial charge in [0.25, 0.3) is 5.91 Å². The zero-order chi connectivity index (χ0) is 21.1. The number of carbonyl (C=O) groups excluding carboxylic acids is 3. The fourth-order valence-corrected chi connectivity index (χ4v) is 4.07. The van der Waals surface area contributed by atoms with Gasteiger partial charge in [-0.05, 0) is 23.8 Å². The van der Waals surface area contributed by atoms with Crippen molar-refractivity contribution in [1.82, 2.24) is 0 Å². The van der Waals surface area contributed by atoms with Gasteiger partial charge in [0.15, 0.2) is 5.78 Å². The van der Waals surface area contributed by atoms with Crippen LogP contribution < -0.4 is 4.90 Å². The van der Waals surface area contributed by atoms with Crippen LogP contribution >= 0.6 is 0 Å². The number of hydrogen-bond acceptors (Lipinski definition) is 4. The summed E-state index contributed by atoms with van der Waals surface area (Å²) in [5.41, 5.74) is 1.03. The van der Waals surface area contributed by atoms with E-state index in [0.717, 1.165) is 0 Å². The maximum atomic E-state index is 13.3. The van der Waals surface area contributed by atoms with Crippen molar-refractivity contribution >= 4 is 23.3 Å². The van der Waals surface area contributed by atoms with Gasteiger partial charge >= 0.3 is 5.97 Å². The molecule has 1 aliphatic heterocycles. The monoisotopic (exact) mass is 399 g/mol. The fourth-order valence-electron chi connectivity index (χ4n) is 4.07. The molecule has 0 saturated carbocycles. The number of methoxy groups -OCH3 is 1. The molecule has 0 bridgehead atoms. The maximum Gasteiger partial charge on any atom is 0.318 e. The van der Waals surface area contributed by atoms with E-state index in [4.69, 9.17) is 4.74 Å². The lowest BCUT2D eigenvalue weighted by Gasteiger charge is -2.27. The Hall–Kier alpha value is -3.73. The van der Waals surface area contributed by atoms with Crippen LogP contribution in [0.1, 0.15) is 32.7 Å². The Morgan fingerprint density at radius 1 is 0.833 bits per heavy atom. The van der Waals surface area contributed by atoms with Gasteiger partial charge in [0, 0.05) is 29.8 Å². The number of rotatable bonds is 5. The SMILES string of the molecule is COC(=O)C1(CC(=O)c2ccccc2)CN(C(=O)c2ccccc2)c2ccccc21. The topological polar surface area (TPSA) is 63.7 Å². The highest BCUT2D eigenvalue weighted by Crippen LogP contribution is 2.45. The molecule has 1 aliphatic rings. The molecule has 5 nitrogen and oxygen atoms in total. The minimum Gasteiger partial charge on any atom is -0.468 e. The molecule has 0 N–H and O–H groups in total. The van der Waals surface area contributed by atoms with Crippen LogP contribution in [0.3, 0.4) is 0 Å². The largest absolute Gasteiger partial charge is 0.468 e. The smallest absolute Gasteiger partial charge is 0.318 e. The first-order valence-electron chi connectivity index (χ1n) is 9.70. The highest BCUT2D eigenvalue weighted by atomic mass is 16.5. The molecular weight excluding hydrogens is 378 g/mol. The maximum absolute atomic E-state index is 13.3. The number of esters is 1. The van der Waals surface area contributed by atoms with E-state index in [-0.39, 0.29) is 24.7 Å². The first-order valence-corrected chi connectivity index (χ1v) is 9.70. The average Bonchev–Trinajstić information content (AvgIpc) is 3.14. The Morgan fingerprint density at radius 3 is 2.03 bits per heavy atom. The number of anilines is 1. The minimum atomic E-state index is -1.26. The molecule has 0 fully saturated rings. The Kier molecular flexibility index (Phi) is 5.19. The summed E-state index contributed by atoms with van der Waals surface area (Å²) in [7, 11) is 1.31. The van der Waals surface area contributed by atoms with Crippen molar-refractivity contribution in [2.45, 2.75) is 11.8 Å². The normalized spacial score (nSPS) is 17.3. The van der Waals surface area contributed by atoms with Crippen LogP contribution in [0.5, 0.6) is 0 Å². The Morgan fingerprint density at radius 2 is 1.40 bits per heavy atom. The van der Waals surface area contributed by atoms with Crippen molar-refractivity contribution in [3.05, 3.63) is 102 Å². The van der Waals surface area contributed by atoms with Gasteiger partial charge in [-0.1, -0.05) is 66.7 Å². The van der Waals surface area contributed by atoms with E-state index in [1.54, 1.807) is 71.6 Å². The second-order valence-electron chi connectivity index (χ2n) is 7.31. The summed E-state index contributed by atoms with van der Waals surface area (Å²) < 4.78 is 5.14. The van der Waals surface area contributed by atoms with E-state index < -0.39 is 11.4 Å². The van der Waals surface area contributed by atoms with E-state index >= 15 is 0 Å². The lowest BCUT2D eigenvalue weighted by Crippen LogP contribution is -2.44. The van der Waals surface area contributed by atoms with Gasteiger partial charge in [-0.25, -0.2) is 0 Å². The number of carbonyl (C=O) groups is 3. The number of hydrogen-bond donors (Lipinski definition) is 0. The fraction of sp³-hybridized carbons (Fsp3) is 0.160. The van der Waals surface area contributed by atoms with Gasteiger partial charge < -0.3 is 9.64 Å². The van der Waals surface area contributed by atoms with Crippen molar-refractivity contribution in [2.24, 2.45) is 0 Å². The molecule has 0 radical (unpaired) electrons. The van der Waals surface area contributed by atoms with Crippen LogP contribution in [0.4, 0.5) is 5.69 Å². The van der Waals surface area contributed by atoms with Gasteiger partial charge in [-0.3, -0.25) is 14.4 Å². The molecule has 3 aromatic rings. The van der Waals surface area contributed by atoms with Crippen molar-refractivity contribution in [1.29, 1.82) is 0 Å². The summed E-state index contributed by atoms with van der Waals surface area (Å²) in [6, 6.07) is 25.0. The number of ether oxygens (including phenoxy) is 1. The number of benzene rings is 3. The van der Waals surface area contributed by atoms with E-state index in [1.165, 1.54) is 7.11 Å². The van der Waals surface area contributed by atoms with Gasteiger partial charge in [-0.2, -0.15) is 0 Å². The highest BCUT2D eigenvalue weighted by Gasteiger charge is 2.52. The molecule has 0 spiro atoms. The second kappa shape index (κ2) is 7.95. The molecule has 1 heterocycles. The molecular formula is C25H21NO4. The number of amides is 1. The third-order valence-electron chi connectivity index (χ3n) is 5.54. The summed E-state index contributed by atoms with van der Waals surface area (Å²) in [4.78, 5) is 41.0. The van der Waals surface area contributed by atoms with Crippen LogP contribution in [0.25, 0.3) is 0 Å². The number of ketones is 1. The molecule has 1 amide bonds. The van der Waals surface area contributed by atoms with E-state index in [9.17, 15) is 14.4 Å². The molecule has 0 aromatic heterocycles. The van der Waals surface area contributed by atoms with E-state index in [2.05, 4.69) is 0 Å². The van der Waals surface area contributed by atoms with Gasteiger partial charge in [0.2, 0.25) is 0 Å². The van der Waals surface area contributed by atoms with Crippen LogP contribution in [-0.4, -0.2) is 31.3 Å². The van der Waals surface area contributed by atoms with E-state index in [0.29, 0.717) is 22.4 Å². The zero-order valence-electron chi connectivity index (χ0n) is 16.6. The van der Waals surface area contributed by atoms with Crippen molar-refractivity contribution in [3.63, 3.8) is 0 Å². The quantitative estimate of drug-likeness (QED) is 0.480. The molecule has 30 heavy (non-hydrogen) atoms. The molecule has 1 atom stereocenters. The average molecular weight is 399 g/mol. The summed E-state index contributed by atoms with van der Waals surface area (Å²) in [6.07, 6.45) is -0.0841. The molecule has 5 heteroatoms. The Labute approximate surface area is 174 Å². The first kappa shape index (κ1) is 19.6. The number of nitrogens with zero attached hydrogens (tertiary/aromatic N) is 1. The molecule has 0 saturated heterocycles. The summed E-state index contributed by atoms with van der Waals surface area (Å²) in [5, 5.41) is 0. The molecule has 0 aliphatic carbocycles. The van der Waals surface area contributed by atoms with Crippen molar-refractivity contribution < 1.29 is 19.1 Å². The number of fused-ring (bicyclic) bond motifs is 1. The summed E-state index contributed by atoms with van der Waals surface area (Å²) >= 11 is 0. The van der Waals surface area contributed by atoms with Gasteiger partial charge in [0.1, 0.15) is 5.41 Å². The lowest BCUT2D eigenvalue weighted by atomic mass is 9.77. The molecule has 3 aromatic carbocycles. The predicted octanol–water partition coefficient (Wildman–Crippen LogP) is 4.03. The summed E-state index contributed by atoms with van der Waals surface area (Å²) in [5.74, 6) is -0.923. The van der Waals surface area contributed by atoms with Crippen LogP contribution in [0.15, 0.2) is 84.9 Å². The Bertz CT molecular complexity index is 1090. The zero-order valence-corrected chi connectivity index (χ0v) is 16.6. The summed E-state index contributed by atoms with van der Waals surface area (Å²) in [6.45, 7) is 0.0469. The van der Waals surface area contributed by atoms with Gasteiger partial charge in [0.05, 0.1) is 7.11 Å². The first-order chi connectivity index (χ1) is 14.6. The third-order valence-corrected chi connectivity index (χ3v) is 5.54. The minimum absolute atomic E-state index is 0.0469. The van der Waals surface area contributed by atoms with Gasteiger partial charge in [-0.15, -0.1) is 0 Å². The second-order valence-corrected chi connectivity index (χ2v) is 7.31. The van der Waals surface area contributed by atoms with Crippen molar-refractivity contribution in [3.8, 4) is 0 Å². The number of Topliss-reactive ketones (excluding diaryl/α,β-unsaturated/α-hetero) is 1. The number of para-hydroxylation sites is 1. The Balaban J connectivity index is 1.78.